The fourth-order valence-corrected chi connectivity index (χ4v) is 1.63. The fourth-order valence-electron chi connectivity index (χ4n) is 1.63. The van der Waals surface area contributed by atoms with E-state index in [1.165, 1.54) is 0 Å². The molecule has 0 atom stereocenters. The zero-order valence-electron chi connectivity index (χ0n) is 10.6. The molecule has 0 saturated heterocycles. The molecule has 0 fully saturated rings. The van der Waals surface area contributed by atoms with Crippen molar-refractivity contribution in [2.24, 2.45) is 0 Å². The van der Waals surface area contributed by atoms with Crippen LogP contribution in [0.15, 0.2) is 12.1 Å². The largest absolute Gasteiger partial charge is 0.481 e. The molecule has 0 heterocycles. The van der Waals surface area contributed by atoms with Gasteiger partial charge in [0.1, 0.15) is 5.75 Å². The van der Waals surface area contributed by atoms with Crippen molar-refractivity contribution in [2.75, 3.05) is 18.9 Å². The number of hydrogen-bond acceptors (Lipinski definition) is 4. The van der Waals surface area contributed by atoms with Crippen molar-refractivity contribution >= 4 is 11.6 Å². The number of nitrogens with two attached hydrogens (primary N) is 1. The van der Waals surface area contributed by atoms with E-state index in [9.17, 15) is 4.79 Å². The van der Waals surface area contributed by atoms with Gasteiger partial charge in [-0.1, -0.05) is 6.07 Å². The van der Waals surface area contributed by atoms with Gasteiger partial charge in [-0.25, -0.2) is 0 Å². The summed E-state index contributed by atoms with van der Waals surface area (Å²) in [5.41, 5.74) is 8.31. The molecule has 5 nitrogen and oxygen atoms in total. The van der Waals surface area contributed by atoms with Gasteiger partial charge < -0.3 is 15.8 Å². The zero-order valence-corrected chi connectivity index (χ0v) is 10.6. The van der Waals surface area contributed by atoms with Crippen molar-refractivity contribution in [3.63, 3.8) is 0 Å². The number of nitrogens with zero attached hydrogens (tertiary/aromatic N) is 1. The molecule has 18 heavy (non-hydrogen) atoms. The third-order valence-electron chi connectivity index (χ3n) is 2.35. The Labute approximate surface area is 107 Å². The predicted molar refractivity (Wildman–Crippen MR) is 69.1 cm³/mol. The van der Waals surface area contributed by atoms with Crippen LogP contribution in [-0.2, 0) is 4.79 Å². The number of nitrogen functional groups attached to an aromatic ring is 1. The van der Waals surface area contributed by atoms with Gasteiger partial charge >= 0.3 is 0 Å². The highest BCUT2D eigenvalue weighted by Gasteiger charge is 2.08. The SMILES string of the molecule is Cc1cc(C)c(OCC(=O)NCCC#N)c(N)c1. The second-order valence-electron chi connectivity index (χ2n) is 4.05. The second kappa shape index (κ2) is 6.50. The number of nitrogens with one attached hydrogen (secondary N) is 1. The van der Waals surface area contributed by atoms with Crippen LogP contribution in [0, 0.1) is 25.2 Å². The molecule has 0 aliphatic heterocycles. The third-order valence-corrected chi connectivity index (χ3v) is 2.35. The molecule has 3 N–H and O–H groups in total. The summed E-state index contributed by atoms with van der Waals surface area (Å²) >= 11 is 0. The van der Waals surface area contributed by atoms with E-state index in [1.54, 1.807) is 6.07 Å². The quantitative estimate of drug-likeness (QED) is 0.606. The van der Waals surface area contributed by atoms with E-state index in [-0.39, 0.29) is 18.9 Å². The summed E-state index contributed by atoms with van der Waals surface area (Å²) in [5.74, 6) is 0.278. The lowest BCUT2D eigenvalue weighted by molar-refractivity contribution is -0.123. The molecule has 0 unspecified atom stereocenters. The Morgan fingerprint density at radius 2 is 2.22 bits per heavy atom. The van der Waals surface area contributed by atoms with Crippen LogP contribution in [-0.4, -0.2) is 19.1 Å². The average molecular weight is 247 g/mol. The van der Waals surface area contributed by atoms with Crippen molar-refractivity contribution in [1.29, 1.82) is 5.26 Å². The molecular weight excluding hydrogens is 230 g/mol. The van der Waals surface area contributed by atoms with E-state index >= 15 is 0 Å². The summed E-state index contributed by atoms with van der Waals surface area (Å²) in [6.07, 6.45) is 0.289. The lowest BCUT2D eigenvalue weighted by Gasteiger charge is -2.12. The number of nitriles is 1. The number of anilines is 1. The van der Waals surface area contributed by atoms with Gasteiger partial charge in [0, 0.05) is 6.54 Å². The van der Waals surface area contributed by atoms with Gasteiger partial charge in [-0.15, -0.1) is 0 Å². The molecule has 0 aliphatic rings. The molecule has 1 aromatic carbocycles. The summed E-state index contributed by atoms with van der Waals surface area (Å²) in [6, 6.07) is 5.69. The first-order valence-electron chi connectivity index (χ1n) is 5.67. The van der Waals surface area contributed by atoms with Crippen molar-refractivity contribution in [3.8, 4) is 11.8 Å². The number of carbonyl (C=O) groups is 1. The maximum atomic E-state index is 11.4. The second-order valence-corrected chi connectivity index (χ2v) is 4.05. The highest BCUT2D eigenvalue weighted by molar-refractivity contribution is 5.77. The van der Waals surface area contributed by atoms with Crippen LogP contribution >= 0.6 is 0 Å². The van der Waals surface area contributed by atoms with Gasteiger partial charge in [-0.2, -0.15) is 5.26 Å². The lowest BCUT2D eigenvalue weighted by Crippen LogP contribution is -2.29. The summed E-state index contributed by atoms with van der Waals surface area (Å²) in [7, 11) is 0. The predicted octanol–water partition coefficient (Wildman–Crippen LogP) is 1.29. The molecule has 0 radical (unpaired) electrons. The summed E-state index contributed by atoms with van der Waals surface area (Å²) in [5, 5.41) is 10.9. The van der Waals surface area contributed by atoms with Crippen molar-refractivity contribution in [1.82, 2.24) is 5.32 Å². The van der Waals surface area contributed by atoms with Crippen LogP contribution in [0.5, 0.6) is 5.75 Å². The lowest BCUT2D eigenvalue weighted by atomic mass is 10.1. The highest BCUT2D eigenvalue weighted by atomic mass is 16.5. The Bertz CT molecular complexity index is 455. The Hall–Kier alpha value is -2.22. The first-order valence-corrected chi connectivity index (χ1v) is 5.67. The monoisotopic (exact) mass is 247 g/mol. The van der Waals surface area contributed by atoms with Gasteiger partial charge in [0.15, 0.2) is 6.61 Å². The molecular formula is C13H17N3O2. The van der Waals surface area contributed by atoms with Crippen LogP contribution in [0.4, 0.5) is 5.69 Å². The number of carbonyl (C=O) groups excluding carboxylic acids is 1. The Morgan fingerprint density at radius 3 is 2.83 bits per heavy atom. The molecule has 0 saturated carbocycles. The maximum absolute atomic E-state index is 11.4. The van der Waals surface area contributed by atoms with Crippen LogP contribution in [0.25, 0.3) is 0 Å². The first kappa shape index (κ1) is 13.8. The normalized spacial score (nSPS) is 9.61. The minimum absolute atomic E-state index is 0.0977. The topological polar surface area (TPSA) is 88.1 Å². The summed E-state index contributed by atoms with van der Waals surface area (Å²) < 4.78 is 5.40. The molecule has 0 spiro atoms. The highest BCUT2D eigenvalue weighted by Crippen LogP contribution is 2.27. The van der Waals surface area contributed by atoms with Crippen LogP contribution < -0.4 is 15.8 Å². The van der Waals surface area contributed by atoms with Gasteiger partial charge in [0.25, 0.3) is 5.91 Å². The van der Waals surface area contributed by atoms with Crippen LogP contribution in [0.1, 0.15) is 17.5 Å². The van der Waals surface area contributed by atoms with Gasteiger partial charge in [0.2, 0.25) is 0 Å². The van der Waals surface area contributed by atoms with Crippen LogP contribution in [0.3, 0.4) is 0 Å². The molecule has 0 aromatic heterocycles. The smallest absolute Gasteiger partial charge is 0.257 e. The molecule has 0 aliphatic carbocycles. The molecule has 1 rings (SSSR count). The Kier molecular flexibility index (Phi) is 5.00. The molecule has 1 aromatic rings. The molecule has 96 valence electrons. The van der Waals surface area contributed by atoms with E-state index in [0.717, 1.165) is 11.1 Å². The van der Waals surface area contributed by atoms with E-state index in [4.69, 9.17) is 15.7 Å². The van der Waals surface area contributed by atoms with E-state index in [1.807, 2.05) is 26.0 Å². The first-order chi connectivity index (χ1) is 8.54. The third kappa shape index (κ3) is 3.98. The zero-order chi connectivity index (χ0) is 13.5. The number of amides is 1. The number of benzene rings is 1. The number of aryl methyl sites for hydroxylation is 2. The number of ether oxygens (including phenoxy) is 1. The number of hydrogen-bond donors (Lipinski definition) is 2. The molecule has 1 amide bonds. The van der Waals surface area contributed by atoms with Gasteiger partial charge in [0.05, 0.1) is 18.2 Å². The van der Waals surface area contributed by atoms with Crippen molar-refractivity contribution in [3.05, 3.63) is 23.3 Å². The fraction of sp³-hybridized carbons (Fsp3) is 0.385. The van der Waals surface area contributed by atoms with Crippen molar-refractivity contribution in [2.45, 2.75) is 20.3 Å². The average Bonchev–Trinajstić information content (AvgIpc) is 2.27. The molecule has 5 heteroatoms. The van der Waals surface area contributed by atoms with E-state index in [2.05, 4.69) is 5.32 Å². The molecule has 0 bridgehead atoms. The van der Waals surface area contributed by atoms with Crippen LogP contribution in [0.2, 0.25) is 0 Å². The minimum atomic E-state index is -0.260. The Balaban J connectivity index is 2.54. The van der Waals surface area contributed by atoms with E-state index in [0.29, 0.717) is 18.0 Å². The minimum Gasteiger partial charge on any atom is -0.481 e. The van der Waals surface area contributed by atoms with Gasteiger partial charge in [-0.3, -0.25) is 4.79 Å². The van der Waals surface area contributed by atoms with E-state index < -0.39 is 0 Å². The Morgan fingerprint density at radius 1 is 1.50 bits per heavy atom. The summed E-state index contributed by atoms with van der Waals surface area (Å²) in [4.78, 5) is 11.4. The van der Waals surface area contributed by atoms with Crippen molar-refractivity contribution < 1.29 is 9.53 Å². The summed E-state index contributed by atoms with van der Waals surface area (Å²) in [6.45, 7) is 4.06. The maximum Gasteiger partial charge on any atom is 0.257 e. The standard InChI is InChI=1S/C13H17N3O2/c1-9-6-10(2)13(11(15)7-9)18-8-12(17)16-5-3-4-14/h6-7H,3,5,8,15H2,1-2H3,(H,16,17). The van der Waals surface area contributed by atoms with Gasteiger partial charge in [-0.05, 0) is 31.0 Å². The number of rotatable bonds is 5.